The maximum atomic E-state index is 14.8. The fraction of sp³-hybridized carbons (Fsp3) is 0.516. The van der Waals surface area contributed by atoms with E-state index in [1.807, 2.05) is 13.8 Å². The van der Waals surface area contributed by atoms with Crippen LogP contribution in [-0.4, -0.2) is 30.7 Å². The second-order valence-corrected chi connectivity index (χ2v) is 12.2. The van der Waals surface area contributed by atoms with Crippen LogP contribution in [0, 0.1) is 11.2 Å². The van der Waals surface area contributed by atoms with Crippen LogP contribution in [0.4, 0.5) is 35.5 Å². The molecule has 0 N–H and O–H groups in total. The molecule has 1 aliphatic carbocycles. The van der Waals surface area contributed by atoms with E-state index in [9.17, 15) is 35.5 Å². The minimum absolute atomic E-state index is 0.0396. The Labute approximate surface area is 240 Å². The van der Waals surface area contributed by atoms with Gasteiger partial charge in [-0.25, -0.2) is 9.18 Å². The predicted octanol–water partition coefficient (Wildman–Crippen LogP) is 9.54. The minimum Gasteiger partial charge on any atom is -0.496 e. The molecule has 4 nitrogen and oxygen atoms in total. The van der Waals surface area contributed by atoms with Crippen LogP contribution in [0.3, 0.4) is 0 Å². The van der Waals surface area contributed by atoms with Gasteiger partial charge in [0.2, 0.25) is 0 Å². The molecule has 1 fully saturated rings. The zero-order valence-corrected chi connectivity index (χ0v) is 24.3. The third-order valence-electron chi connectivity index (χ3n) is 8.13. The lowest BCUT2D eigenvalue weighted by Crippen LogP contribution is -2.35. The first-order chi connectivity index (χ1) is 19.3. The molecule has 42 heavy (non-hydrogen) atoms. The van der Waals surface area contributed by atoms with E-state index in [0.717, 1.165) is 17.6 Å². The number of benzene rings is 2. The van der Waals surface area contributed by atoms with Crippen molar-refractivity contribution >= 4 is 11.7 Å². The van der Waals surface area contributed by atoms with Crippen LogP contribution in [0.25, 0.3) is 5.57 Å². The highest BCUT2D eigenvalue weighted by molar-refractivity contribution is 5.77. The number of carbonyl (C=O) groups is 1. The number of nitrogens with zero attached hydrogens (tertiary/aromatic N) is 1. The van der Waals surface area contributed by atoms with Crippen LogP contribution >= 0.6 is 0 Å². The van der Waals surface area contributed by atoms with Crippen molar-refractivity contribution in [3.63, 3.8) is 0 Å². The van der Waals surface area contributed by atoms with Gasteiger partial charge < -0.3 is 9.47 Å². The van der Waals surface area contributed by atoms with Crippen LogP contribution in [0.5, 0.6) is 5.75 Å². The predicted molar refractivity (Wildman–Crippen MR) is 143 cm³/mol. The van der Waals surface area contributed by atoms with Crippen molar-refractivity contribution in [1.29, 1.82) is 0 Å². The van der Waals surface area contributed by atoms with Gasteiger partial charge in [-0.2, -0.15) is 26.3 Å². The Morgan fingerprint density at radius 2 is 1.62 bits per heavy atom. The summed E-state index contributed by atoms with van der Waals surface area (Å²) in [7, 11) is 1.44. The number of amides is 1. The Morgan fingerprint density at radius 1 is 1.02 bits per heavy atom. The Balaban J connectivity index is 1.76. The molecule has 1 unspecified atom stereocenters. The van der Waals surface area contributed by atoms with Crippen molar-refractivity contribution in [2.75, 3.05) is 13.7 Å². The third-order valence-corrected chi connectivity index (χ3v) is 8.13. The van der Waals surface area contributed by atoms with Crippen molar-refractivity contribution in [2.24, 2.45) is 5.41 Å². The van der Waals surface area contributed by atoms with Gasteiger partial charge in [0.05, 0.1) is 24.3 Å². The van der Waals surface area contributed by atoms with Crippen molar-refractivity contribution in [3.05, 3.63) is 69.5 Å². The molecule has 2 aliphatic rings. The van der Waals surface area contributed by atoms with Crippen LogP contribution in [0.15, 0.2) is 35.9 Å². The van der Waals surface area contributed by atoms with E-state index in [0.29, 0.717) is 41.9 Å². The number of hydrogen-bond donors (Lipinski definition) is 0. The molecule has 11 heteroatoms. The molecule has 1 aliphatic heterocycles. The van der Waals surface area contributed by atoms with E-state index in [1.165, 1.54) is 25.0 Å². The van der Waals surface area contributed by atoms with E-state index in [1.54, 1.807) is 6.07 Å². The third kappa shape index (κ3) is 6.39. The number of halogens is 7. The molecule has 0 spiro atoms. The molecule has 0 bridgehead atoms. The Morgan fingerprint density at radius 3 is 2.14 bits per heavy atom. The average Bonchev–Trinajstić information content (AvgIpc) is 3.15. The van der Waals surface area contributed by atoms with E-state index in [-0.39, 0.29) is 29.5 Å². The second kappa shape index (κ2) is 11.1. The zero-order chi connectivity index (χ0) is 31.4. The Kier molecular flexibility index (Phi) is 8.39. The quantitative estimate of drug-likeness (QED) is 0.310. The number of carbonyl (C=O) groups excluding carboxylic acids is 1. The molecule has 0 radical (unpaired) electrons. The summed E-state index contributed by atoms with van der Waals surface area (Å²) in [5.41, 5.74) is -0.582. The normalized spacial score (nSPS) is 21.3. The Bertz CT molecular complexity index is 1360. The first-order valence-electron chi connectivity index (χ1n) is 13.7. The van der Waals surface area contributed by atoms with E-state index < -0.39 is 47.5 Å². The highest BCUT2D eigenvalue weighted by atomic mass is 19.4. The number of allylic oxidation sites excluding steroid dienone is 1. The molecule has 4 rings (SSSR count). The van der Waals surface area contributed by atoms with Gasteiger partial charge in [0, 0.05) is 18.2 Å². The first-order valence-corrected chi connectivity index (χ1v) is 13.7. The second-order valence-electron chi connectivity index (χ2n) is 12.2. The summed E-state index contributed by atoms with van der Waals surface area (Å²) in [4.78, 5) is 14.4. The molecule has 2 atom stereocenters. The number of methoxy groups -OCH3 is 1. The lowest BCUT2D eigenvalue weighted by Gasteiger charge is -2.36. The average molecular weight is 602 g/mol. The van der Waals surface area contributed by atoms with Gasteiger partial charge in [0.25, 0.3) is 0 Å². The van der Waals surface area contributed by atoms with Gasteiger partial charge in [0.1, 0.15) is 17.7 Å². The standard InChI is InChI=1S/C31H34F7NO3/c1-16(2)23-12-24(26(41-6)13-25(23)32)22-7-8-29(4,5)14-19(22)15-39-17(3)27(42-28(39)40)18-9-20(30(33,34)35)11-21(10-18)31(36,37)38/h9-13,16-17,27H,7-8,14-15H2,1-6H3/t17?,27-/m0/s1. The number of hydrogen-bond acceptors (Lipinski definition) is 3. The minimum atomic E-state index is -5.03. The van der Waals surface area contributed by atoms with Crippen molar-refractivity contribution < 1.29 is 45.0 Å². The molecule has 1 amide bonds. The van der Waals surface area contributed by atoms with Gasteiger partial charge in [0.15, 0.2) is 0 Å². The molecular formula is C31H34F7NO3. The Hall–Kier alpha value is -3.24. The molecule has 2 aromatic rings. The van der Waals surface area contributed by atoms with Crippen molar-refractivity contribution in [2.45, 2.75) is 84.3 Å². The smallest absolute Gasteiger partial charge is 0.416 e. The highest BCUT2D eigenvalue weighted by Gasteiger charge is 2.44. The monoisotopic (exact) mass is 601 g/mol. The summed E-state index contributed by atoms with van der Waals surface area (Å²) in [6.07, 6.45) is -10.3. The maximum absolute atomic E-state index is 14.8. The largest absolute Gasteiger partial charge is 0.496 e. The summed E-state index contributed by atoms with van der Waals surface area (Å²) < 4.78 is 107. The molecule has 2 aromatic carbocycles. The zero-order valence-electron chi connectivity index (χ0n) is 24.3. The number of rotatable bonds is 6. The lowest BCUT2D eigenvalue weighted by atomic mass is 9.72. The number of cyclic esters (lactones) is 1. The van der Waals surface area contributed by atoms with E-state index >= 15 is 0 Å². The topological polar surface area (TPSA) is 38.8 Å². The molecular weight excluding hydrogens is 567 g/mol. The van der Waals surface area contributed by atoms with Gasteiger partial charge in [-0.1, -0.05) is 27.7 Å². The summed E-state index contributed by atoms with van der Waals surface area (Å²) in [5.74, 6) is -0.174. The SMILES string of the molecule is COc1cc(F)c(C(C)C)cc1C1=C(CN2C(=O)O[C@H](c3cc(C(F)(F)F)cc(C(F)(F)F)c3)C2C)CC(C)(C)CC1. The van der Waals surface area contributed by atoms with Gasteiger partial charge >= 0.3 is 18.4 Å². The van der Waals surface area contributed by atoms with Gasteiger partial charge in [-0.05, 0) is 84.1 Å². The molecule has 0 saturated carbocycles. The summed E-state index contributed by atoms with van der Waals surface area (Å²) in [6, 6.07) is 3.45. The molecule has 1 heterocycles. The molecule has 0 aromatic heterocycles. The number of ether oxygens (including phenoxy) is 2. The first kappa shape index (κ1) is 31.7. The van der Waals surface area contributed by atoms with Crippen molar-refractivity contribution in [1.82, 2.24) is 4.90 Å². The van der Waals surface area contributed by atoms with Crippen LogP contribution in [0.1, 0.15) is 93.7 Å². The lowest BCUT2D eigenvalue weighted by molar-refractivity contribution is -0.143. The molecule has 1 saturated heterocycles. The van der Waals surface area contributed by atoms with Crippen LogP contribution in [-0.2, 0) is 17.1 Å². The van der Waals surface area contributed by atoms with E-state index in [4.69, 9.17) is 9.47 Å². The maximum Gasteiger partial charge on any atom is 0.416 e. The fourth-order valence-electron chi connectivity index (χ4n) is 5.82. The summed E-state index contributed by atoms with van der Waals surface area (Å²) in [6.45, 7) is 9.45. The summed E-state index contributed by atoms with van der Waals surface area (Å²) >= 11 is 0. The van der Waals surface area contributed by atoms with Gasteiger partial charge in [-0.3, -0.25) is 4.90 Å². The van der Waals surface area contributed by atoms with E-state index in [2.05, 4.69) is 13.8 Å². The van der Waals surface area contributed by atoms with Crippen molar-refractivity contribution in [3.8, 4) is 5.75 Å². The summed E-state index contributed by atoms with van der Waals surface area (Å²) in [5, 5.41) is 0. The number of alkyl halides is 6. The molecule has 230 valence electrons. The fourth-order valence-corrected chi connectivity index (χ4v) is 5.82. The highest BCUT2D eigenvalue weighted by Crippen LogP contribution is 2.47. The van der Waals surface area contributed by atoms with Crippen LogP contribution in [0.2, 0.25) is 0 Å². The van der Waals surface area contributed by atoms with Gasteiger partial charge in [-0.15, -0.1) is 0 Å². The van der Waals surface area contributed by atoms with Crippen LogP contribution < -0.4 is 4.74 Å².